The number of esters is 1. The van der Waals surface area contributed by atoms with Gasteiger partial charge in [-0.15, -0.1) is 0 Å². The van der Waals surface area contributed by atoms with Crippen LogP contribution in [0.25, 0.3) is 0 Å². The lowest BCUT2D eigenvalue weighted by atomic mass is 9.63. The summed E-state index contributed by atoms with van der Waals surface area (Å²) in [6.07, 6.45) is 7.74. The summed E-state index contributed by atoms with van der Waals surface area (Å²) in [7, 11) is 0. The first-order chi connectivity index (χ1) is 16.3. The van der Waals surface area contributed by atoms with Gasteiger partial charge in [0.15, 0.2) is 6.61 Å². The normalized spacial score (nSPS) is 37.4. The van der Waals surface area contributed by atoms with E-state index in [4.69, 9.17) is 27.9 Å². The molecule has 6 aliphatic rings. The first-order valence-electron chi connectivity index (χ1n) is 12.0. The molecule has 0 spiro atoms. The maximum absolute atomic E-state index is 13.3. The van der Waals surface area contributed by atoms with Crippen molar-refractivity contribution in [3.63, 3.8) is 0 Å². The fourth-order valence-corrected chi connectivity index (χ4v) is 7.47. The fraction of sp³-hybridized carbons (Fsp3) is 0.538. The Morgan fingerprint density at radius 1 is 0.941 bits per heavy atom. The smallest absolute Gasteiger partial charge is 0.309 e. The van der Waals surface area contributed by atoms with Crippen LogP contribution in [0.2, 0.25) is 10.0 Å². The molecule has 1 heterocycles. The largest absolute Gasteiger partial charge is 0.457 e. The number of ketones is 1. The number of carbonyl (C=O) groups excluding carboxylic acids is 4. The second-order valence-corrected chi connectivity index (χ2v) is 11.2. The quantitative estimate of drug-likeness (QED) is 0.259. The molecule has 6 atom stereocenters. The molecule has 5 aliphatic carbocycles. The molecule has 178 valence electrons. The average Bonchev–Trinajstić information content (AvgIpc) is 3.61. The van der Waals surface area contributed by atoms with E-state index in [1.807, 2.05) is 0 Å². The third-order valence-corrected chi connectivity index (χ3v) is 9.22. The predicted octanol–water partition coefficient (Wildman–Crippen LogP) is 4.33. The summed E-state index contributed by atoms with van der Waals surface area (Å²) in [6, 6.07) is 4.39. The lowest BCUT2D eigenvalue weighted by molar-refractivity contribution is -0.149. The molecule has 1 aromatic rings. The summed E-state index contributed by atoms with van der Waals surface area (Å²) in [4.78, 5) is 53.1. The molecule has 6 nitrogen and oxygen atoms in total. The van der Waals surface area contributed by atoms with Gasteiger partial charge in [0.05, 0.1) is 22.8 Å². The van der Waals surface area contributed by atoms with E-state index in [9.17, 15) is 19.2 Å². The zero-order chi connectivity index (χ0) is 23.7. The van der Waals surface area contributed by atoms with Crippen molar-refractivity contribution in [2.75, 3.05) is 6.61 Å². The Kier molecular flexibility index (Phi) is 5.38. The lowest BCUT2D eigenvalue weighted by Crippen LogP contribution is -2.44. The number of halogens is 2. The van der Waals surface area contributed by atoms with Crippen LogP contribution in [0, 0.1) is 41.4 Å². The van der Waals surface area contributed by atoms with E-state index in [2.05, 4.69) is 12.2 Å². The van der Waals surface area contributed by atoms with Gasteiger partial charge in [-0.25, -0.2) is 0 Å². The summed E-state index contributed by atoms with van der Waals surface area (Å²) >= 11 is 11.9. The highest BCUT2D eigenvalue weighted by Crippen LogP contribution is 2.65. The summed E-state index contributed by atoms with van der Waals surface area (Å²) < 4.78 is 5.28. The molecule has 1 aliphatic heterocycles. The number of carbonyl (C=O) groups is 4. The molecule has 2 bridgehead atoms. The van der Waals surface area contributed by atoms with E-state index in [1.165, 1.54) is 12.1 Å². The molecular weight excluding hydrogens is 477 g/mol. The summed E-state index contributed by atoms with van der Waals surface area (Å²) in [5.41, 5.74) is 0.260. The zero-order valence-corrected chi connectivity index (χ0v) is 20.0. The second-order valence-electron chi connectivity index (χ2n) is 10.4. The van der Waals surface area contributed by atoms with Gasteiger partial charge < -0.3 is 4.74 Å². The van der Waals surface area contributed by atoms with Crippen LogP contribution in [-0.2, 0) is 19.1 Å². The van der Waals surface area contributed by atoms with E-state index >= 15 is 0 Å². The Bertz CT molecular complexity index is 1090. The number of benzene rings is 1. The topological polar surface area (TPSA) is 80.8 Å². The molecule has 4 fully saturated rings. The molecule has 0 radical (unpaired) electrons. The van der Waals surface area contributed by atoms with Crippen LogP contribution in [0.1, 0.15) is 42.5 Å². The van der Waals surface area contributed by atoms with E-state index in [0.717, 1.165) is 6.42 Å². The van der Waals surface area contributed by atoms with Crippen molar-refractivity contribution in [3.05, 3.63) is 46.0 Å². The third kappa shape index (κ3) is 3.44. The number of allylic oxidation sites excluding steroid dienone is 2. The lowest BCUT2D eigenvalue weighted by Gasteiger charge is -2.37. The highest BCUT2D eigenvalue weighted by atomic mass is 35.5. The van der Waals surface area contributed by atoms with Crippen molar-refractivity contribution >= 4 is 46.8 Å². The van der Waals surface area contributed by atoms with Gasteiger partial charge in [0, 0.05) is 16.6 Å². The van der Waals surface area contributed by atoms with Crippen molar-refractivity contribution in [2.24, 2.45) is 41.4 Å². The van der Waals surface area contributed by atoms with Crippen molar-refractivity contribution in [2.45, 2.75) is 38.1 Å². The van der Waals surface area contributed by atoms with Crippen molar-refractivity contribution in [3.8, 4) is 0 Å². The summed E-state index contributed by atoms with van der Waals surface area (Å²) in [5.74, 6) is 0.0940. The molecule has 0 unspecified atom stereocenters. The minimum atomic E-state index is -0.424. The van der Waals surface area contributed by atoms with Crippen LogP contribution >= 0.6 is 23.2 Å². The average molecular weight is 502 g/mol. The number of ether oxygens (including phenoxy) is 1. The number of rotatable bonds is 5. The molecule has 34 heavy (non-hydrogen) atoms. The van der Waals surface area contributed by atoms with Gasteiger partial charge in [-0.05, 0) is 74.0 Å². The molecule has 3 saturated carbocycles. The molecule has 0 N–H and O–H groups in total. The number of nitrogens with zero attached hydrogens (tertiary/aromatic N) is 1. The van der Waals surface area contributed by atoms with Crippen LogP contribution in [-0.4, -0.2) is 41.1 Å². The Labute approximate surface area is 207 Å². The maximum Gasteiger partial charge on any atom is 0.309 e. The first kappa shape index (κ1) is 22.3. The van der Waals surface area contributed by atoms with Crippen molar-refractivity contribution in [1.29, 1.82) is 0 Å². The Hall–Kier alpha value is -2.18. The molecule has 1 aromatic carbocycles. The Balaban J connectivity index is 1.04. The zero-order valence-electron chi connectivity index (χ0n) is 18.5. The molecule has 7 rings (SSSR count). The standard InChI is InChI=1S/C26H25Cl2NO5/c27-13-3-6-17(20(28)9-13)21(30)11-34-26(33)12-1-4-14(5-2-12)29-24(31)22-15-7-8-16(19-10-18(15)19)23(22)25(29)32/h3,6-9,12,14-16,18-19,22-23H,1-2,4-5,10-11H2/t12?,14?,15-,16+,18-,19-,22+,23+/m1/s1. The molecule has 0 aromatic heterocycles. The summed E-state index contributed by atoms with van der Waals surface area (Å²) in [5, 5.41) is 0.640. The third-order valence-electron chi connectivity index (χ3n) is 8.67. The van der Waals surface area contributed by atoms with Gasteiger partial charge in [0.1, 0.15) is 0 Å². The van der Waals surface area contributed by atoms with Gasteiger partial charge in [0.25, 0.3) is 0 Å². The highest BCUT2D eigenvalue weighted by molar-refractivity contribution is 6.36. The SMILES string of the molecule is O=C(COC(=O)C1CCC(N2C(=O)[C@H]3[C@@H]4C=C[C@@H]([C@H]5C[C@H]45)[C@@H]3C2=O)CC1)c1ccc(Cl)cc1Cl. The van der Waals surface area contributed by atoms with E-state index in [-0.39, 0.29) is 70.4 Å². The van der Waals surface area contributed by atoms with E-state index < -0.39 is 5.97 Å². The monoisotopic (exact) mass is 501 g/mol. The van der Waals surface area contributed by atoms with Crippen LogP contribution < -0.4 is 0 Å². The van der Waals surface area contributed by atoms with Crippen LogP contribution in [0.5, 0.6) is 0 Å². The number of imide groups is 1. The maximum atomic E-state index is 13.3. The number of hydrogen-bond donors (Lipinski definition) is 0. The van der Waals surface area contributed by atoms with E-state index in [0.29, 0.717) is 42.5 Å². The Morgan fingerprint density at radius 2 is 1.56 bits per heavy atom. The predicted molar refractivity (Wildman–Crippen MR) is 124 cm³/mol. The molecule has 8 heteroatoms. The number of hydrogen-bond acceptors (Lipinski definition) is 5. The van der Waals surface area contributed by atoms with Gasteiger partial charge in [-0.3, -0.25) is 24.1 Å². The first-order valence-corrected chi connectivity index (χ1v) is 12.8. The van der Waals surface area contributed by atoms with Crippen LogP contribution in [0.4, 0.5) is 0 Å². The number of Topliss-reactive ketones (excluding diaryl/α,β-unsaturated/α-hetero) is 1. The minimum absolute atomic E-state index is 0.00355. The number of likely N-dealkylation sites (tertiary alicyclic amines) is 1. The van der Waals surface area contributed by atoms with Gasteiger partial charge >= 0.3 is 5.97 Å². The van der Waals surface area contributed by atoms with Crippen molar-refractivity contribution in [1.82, 2.24) is 4.90 Å². The summed E-state index contributed by atoms with van der Waals surface area (Å²) in [6.45, 7) is -0.384. The molecule has 2 amide bonds. The van der Waals surface area contributed by atoms with E-state index in [1.54, 1.807) is 11.0 Å². The fourth-order valence-electron chi connectivity index (χ4n) is 6.96. The van der Waals surface area contributed by atoms with Crippen LogP contribution in [0.3, 0.4) is 0 Å². The molecule has 1 saturated heterocycles. The second kappa shape index (κ2) is 8.20. The number of amides is 2. The minimum Gasteiger partial charge on any atom is -0.457 e. The molecular formula is C26H25Cl2NO5. The Morgan fingerprint density at radius 3 is 2.15 bits per heavy atom. The highest BCUT2D eigenvalue weighted by Gasteiger charge is 2.67. The van der Waals surface area contributed by atoms with Gasteiger partial charge in [-0.1, -0.05) is 35.4 Å². The van der Waals surface area contributed by atoms with Gasteiger partial charge in [0.2, 0.25) is 17.6 Å². The van der Waals surface area contributed by atoms with Crippen LogP contribution in [0.15, 0.2) is 30.4 Å². The van der Waals surface area contributed by atoms with Crippen molar-refractivity contribution < 1.29 is 23.9 Å². The van der Waals surface area contributed by atoms with Gasteiger partial charge in [-0.2, -0.15) is 0 Å².